The third-order valence-electron chi connectivity index (χ3n) is 5.52. The van der Waals surface area contributed by atoms with Crippen LogP contribution in [0.15, 0.2) is 115 Å². The molecular formula is C26H24BrOP. The van der Waals surface area contributed by atoms with Crippen LogP contribution in [0, 0.1) is 0 Å². The van der Waals surface area contributed by atoms with Gasteiger partial charge in [0, 0.05) is 0 Å². The molecule has 0 spiro atoms. The second-order valence-electron chi connectivity index (χ2n) is 7.20. The first kappa shape index (κ1) is 19.9. The van der Waals surface area contributed by atoms with Gasteiger partial charge in [0.25, 0.3) is 0 Å². The van der Waals surface area contributed by atoms with Crippen molar-refractivity contribution in [2.24, 2.45) is 0 Å². The Morgan fingerprint density at radius 2 is 0.966 bits per heavy atom. The Kier molecular flexibility index (Phi) is 5.58. The van der Waals surface area contributed by atoms with Gasteiger partial charge in [-0.15, -0.1) is 0 Å². The van der Waals surface area contributed by atoms with Crippen LogP contribution in [0.1, 0.15) is 5.56 Å². The molecule has 4 aromatic carbocycles. The van der Waals surface area contributed by atoms with E-state index < -0.39 is 5.31 Å². The van der Waals surface area contributed by atoms with Crippen molar-refractivity contribution in [2.75, 3.05) is 7.11 Å². The fourth-order valence-electron chi connectivity index (χ4n) is 4.01. The molecular weight excluding hydrogens is 439 g/mol. The molecule has 0 aliphatic carbocycles. The third-order valence-corrected chi connectivity index (χ3v) is 15.0. The van der Waals surface area contributed by atoms with E-state index in [1.54, 1.807) is 7.11 Å². The molecule has 3 heteroatoms. The zero-order chi connectivity index (χ0) is 20.2. The molecule has 0 heterocycles. The van der Waals surface area contributed by atoms with Crippen molar-refractivity contribution < 1.29 is 4.74 Å². The monoisotopic (exact) mass is 462 g/mol. The molecule has 0 aliphatic rings. The summed E-state index contributed by atoms with van der Waals surface area (Å²) in [5.41, 5.74) is 1.27. The molecule has 0 fully saturated rings. The molecule has 0 aromatic heterocycles. The van der Waals surface area contributed by atoms with Gasteiger partial charge in [-0.1, -0.05) is 0 Å². The Bertz CT molecular complexity index is 965. The van der Waals surface area contributed by atoms with Crippen molar-refractivity contribution in [1.82, 2.24) is 0 Å². The number of hydrogen-bond donors (Lipinski definition) is 0. The Hall–Kier alpha value is -2.41. The molecule has 1 nitrogen and oxygen atoms in total. The first-order valence-corrected chi connectivity index (χ1v) is 14.1. The second-order valence-corrected chi connectivity index (χ2v) is 16.1. The van der Waals surface area contributed by atoms with Gasteiger partial charge < -0.3 is 0 Å². The minimum absolute atomic E-state index is 0.878. The SMILES string of the molecule is COc1ccc(CP(Br)(c2ccccc2)(c2ccccc2)c2ccccc2)cc1. The summed E-state index contributed by atoms with van der Waals surface area (Å²) in [5, 5.41) is 1.04. The van der Waals surface area contributed by atoms with Crippen molar-refractivity contribution in [3.8, 4) is 5.75 Å². The van der Waals surface area contributed by atoms with Crippen LogP contribution < -0.4 is 20.7 Å². The summed E-state index contributed by atoms with van der Waals surface area (Å²) in [6, 6.07) is 41.1. The van der Waals surface area contributed by atoms with Gasteiger partial charge in [-0.3, -0.25) is 0 Å². The van der Waals surface area contributed by atoms with Gasteiger partial charge in [0.15, 0.2) is 0 Å². The molecule has 0 amide bonds. The quantitative estimate of drug-likeness (QED) is 0.317. The van der Waals surface area contributed by atoms with Crippen LogP contribution in [0.2, 0.25) is 0 Å². The maximum absolute atomic E-state index is 5.38. The molecule has 146 valence electrons. The summed E-state index contributed by atoms with van der Waals surface area (Å²) in [5.74, 6) is 0.878. The summed E-state index contributed by atoms with van der Waals surface area (Å²) in [4.78, 5) is 0. The van der Waals surface area contributed by atoms with Crippen LogP contribution >= 0.6 is 20.8 Å². The number of rotatable bonds is 6. The summed E-state index contributed by atoms with van der Waals surface area (Å²) in [6.07, 6.45) is 0.883. The van der Waals surface area contributed by atoms with Crippen LogP contribution in [0.3, 0.4) is 0 Å². The van der Waals surface area contributed by atoms with E-state index in [1.807, 2.05) is 12.1 Å². The normalized spacial score (nSPS) is 12.7. The summed E-state index contributed by atoms with van der Waals surface area (Å²) < 4.78 is 5.38. The predicted octanol–water partition coefficient (Wildman–Crippen LogP) is 6.03. The molecule has 4 rings (SSSR count). The van der Waals surface area contributed by atoms with Gasteiger partial charge in [-0.2, -0.15) is 0 Å². The van der Waals surface area contributed by atoms with Gasteiger partial charge >= 0.3 is 181 Å². The van der Waals surface area contributed by atoms with Gasteiger partial charge in [-0.25, -0.2) is 0 Å². The Balaban J connectivity index is 2.03. The van der Waals surface area contributed by atoms with Gasteiger partial charge in [0.05, 0.1) is 0 Å². The van der Waals surface area contributed by atoms with Crippen molar-refractivity contribution in [3.63, 3.8) is 0 Å². The standard InChI is InChI=1S/C26H24BrOP/c1-28-23-19-17-22(18-20-23)21-29(27,24-11-5-2-6-12-24,25-13-7-3-8-14-25)26-15-9-4-10-16-26/h2-20H,21H2,1H3. The molecule has 4 aromatic rings. The van der Waals surface area contributed by atoms with E-state index >= 15 is 0 Å². The number of hydrogen-bond acceptors (Lipinski definition) is 1. The molecule has 0 radical (unpaired) electrons. The molecule has 0 unspecified atom stereocenters. The molecule has 0 saturated heterocycles. The number of halogens is 1. The van der Waals surface area contributed by atoms with Gasteiger partial charge in [0.2, 0.25) is 0 Å². The predicted molar refractivity (Wildman–Crippen MR) is 131 cm³/mol. The van der Waals surface area contributed by atoms with E-state index in [4.69, 9.17) is 4.74 Å². The van der Waals surface area contributed by atoms with E-state index in [2.05, 4.69) is 119 Å². The Morgan fingerprint density at radius 3 is 1.31 bits per heavy atom. The van der Waals surface area contributed by atoms with Crippen LogP contribution in [0.25, 0.3) is 0 Å². The van der Waals surface area contributed by atoms with Crippen molar-refractivity contribution in [3.05, 3.63) is 121 Å². The second kappa shape index (κ2) is 8.14. The van der Waals surface area contributed by atoms with Gasteiger partial charge in [-0.05, 0) is 0 Å². The van der Waals surface area contributed by atoms with Crippen LogP contribution in [-0.4, -0.2) is 7.11 Å². The molecule has 0 N–H and O–H groups in total. The Morgan fingerprint density at radius 1 is 0.586 bits per heavy atom. The summed E-state index contributed by atoms with van der Waals surface area (Å²) >= 11 is 4.49. The molecule has 0 atom stereocenters. The van der Waals surface area contributed by atoms with Crippen molar-refractivity contribution in [1.29, 1.82) is 0 Å². The average Bonchev–Trinajstić information content (AvgIpc) is 2.81. The van der Waals surface area contributed by atoms with E-state index in [-0.39, 0.29) is 0 Å². The van der Waals surface area contributed by atoms with Gasteiger partial charge in [0.1, 0.15) is 0 Å². The minimum atomic E-state index is -2.94. The zero-order valence-corrected chi connectivity index (χ0v) is 18.9. The fraction of sp³-hybridized carbons (Fsp3) is 0.0769. The van der Waals surface area contributed by atoms with E-state index in [1.165, 1.54) is 21.5 Å². The number of ether oxygens (including phenoxy) is 1. The maximum atomic E-state index is 5.38. The fourth-order valence-corrected chi connectivity index (χ4v) is 11.7. The molecule has 0 aliphatic heterocycles. The van der Waals surface area contributed by atoms with E-state index in [0.29, 0.717) is 0 Å². The van der Waals surface area contributed by atoms with Crippen molar-refractivity contribution in [2.45, 2.75) is 6.16 Å². The third kappa shape index (κ3) is 3.52. The van der Waals surface area contributed by atoms with Crippen LogP contribution in [-0.2, 0) is 6.16 Å². The number of benzene rings is 4. The molecule has 0 saturated carbocycles. The molecule has 29 heavy (non-hydrogen) atoms. The topological polar surface area (TPSA) is 9.23 Å². The van der Waals surface area contributed by atoms with Crippen LogP contribution in [0.4, 0.5) is 0 Å². The Labute approximate surface area is 181 Å². The van der Waals surface area contributed by atoms with E-state index in [0.717, 1.165) is 11.9 Å². The molecule has 0 bridgehead atoms. The first-order valence-electron chi connectivity index (χ1n) is 9.68. The summed E-state index contributed by atoms with van der Waals surface area (Å²) in [7, 11) is 1.71. The van der Waals surface area contributed by atoms with Crippen molar-refractivity contribution >= 4 is 36.7 Å². The first-order chi connectivity index (χ1) is 14.1. The van der Waals surface area contributed by atoms with E-state index in [9.17, 15) is 0 Å². The summed E-state index contributed by atoms with van der Waals surface area (Å²) in [6.45, 7) is 0. The van der Waals surface area contributed by atoms with Crippen LogP contribution in [0.5, 0.6) is 5.75 Å². The zero-order valence-electron chi connectivity index (χ0n) is 16.4. The number of methoxy groups -OCH3 is 1. The average molecular weight is 463 g/mol.